The van der Waals surface area contributed by atoms with E-state index in [0.717, 1.165) is 5.56 Å². The molecule has 2 aromatic rings. The van der Waals surface area contributed by atoms with E-state index in [-0.39, 0.29) is 5.91 Å². The van der Waals surface area contributed by atoms with Crippen LogP contribution >= 0.6 is 0 Å². The van der Waals surface area contributed by atoms with Crippen molar-refractivity contribution in [3.8, 4) is 11.4 Å². The first-order chi connectivity index (χ1) is 9.83. The van der Waals surface area contributed by atoms with E-state index >= 15 is 0 Å². The molecule has 1 aliphatic heterocycles. The number of hydrogen-bond donors (Lipinski definition) is 2. The fourth-order valence-corrected chi connectivity index (χ4v) is 1.92. The molecule has 0 aliphatic carbocycles. The zero-order valence-corrected chi connectivity index (χ0v) is 10.7. The van der Waals surface area contributed by atoms with E-state index in [1.54, 1.807) is 12.1 Å². The van der Waals surface area contributed by atoms with Gasteiger partial charge in [0.25, 0.3) is 5.91 Å². The van der Waals surface area contributed by atoms with Crippen LogP contribution < -0.4 is 5.32 Å². The molecule has 104 valence electrons. The van der Waals surface area contributed by atoms with Gasteiger partial charge in [0.15, 0.2) is 11.9 Å². The summed E-state index contributed by atoms with van der Waals surface area (Å²) in [5, 5.41) is 9.37. The molecule has 0 saturated carbocycles. The van der Waals surface area contributed by atoms with Crippen LogP contribution in [0.5, 0.6) is 0 Å². The summed E-state index contributed by atoms with van der Waals surface area (Å²) in [5.74, 6) is 0.490. The summed E-state index contributed by atoms with van der Waals surface area (Å²) < 4.78 is 10.5. The van der Waals surface area contributed by atoms with Gasteiger partial charge in [-0.1, -0.05) is 0 Å². The Hall–Kier alpha value is -2.25. The Labute approximate surface area is 115 Å². The maximum absolute atomic E-state index is 11.9. The smallest absolute Gasteiger partial charge is 0.255 e. The van der Waals surface area contributed by atoms with Crippen LogP contribution in [-0.2, 0) is 14.3 Å². The van der Waals surface area contributed by atoms with Crippen molar-refractivity contribution < 1.29 is 14.3 Å². The molecule has 1 amide bonds. The van der Waals surface area contributed by atoms with Gasteiger partial charge in [0.1, 0.15) is 6.33 Å². The van der Waals surface area contributed by atoms with Crippen molar-refractivity contribution in [1.29, 1.82) is 0 Å². The van der Waals surface area contributed by atoms with Gasteiger partial charge in [-0.05, 0) is 24.3 Å². The quantitative estimate of drug-likeness (QED) is 0.865. The van der Waals surface area contributed by atoms with Crippen molar-refractivity contribution in [2.45, 2.75) is 6.10 Å². The van der Waals surface area contributed by atoms with Gasteiger partial charge in [0.05, 0.1) is 19.8 Å². The minimum Gasteiger partial charge on any atom is -0.376 e. The molecule has 1 atom stereocenters. The normalized spacial score (nSPS) is 18.7. The molecule has 1 fully saturated rings. The first kappa shape index (κ1) is 12.8. The van der Waals surface area contributed by atoms with E-state index in [9.17, 15) is 4.79 Å². The third kappa shape index (κ3) is 2.84. The molecule has 2 heterocycles. The summed E-state index contributed by atoms with van der Waals surface area (Å²) in [7, 11) is 0. The van der Waals surface area contributed by atoms with E-state index in [0.29, 0.717) is 31.3 Å². The second-order valence-corrected chi connectivity index (χ2v) is 4.34. The van der Waals surface area contributed by atoms with Gasteiger partial charge in [-0.3, -0.25) is 9.89 Å². The number of aromatic nitrogens is 3. The number of benzene rings is 1. The van der Waals surface area contributed by atoms with Crippen molar-refractivity contribution in [3.63, 3.8) is 0 Å². The van der Waals surface area contributed by atoms with Crippen LogP contribution in [0.4, 0.5) is 5.69 Å². The van der Waals surface area contributed by atoms with E-state index in [1.165, 1.54) is 6.33 Å². The van der Waals surface area contributed by atoms with Gasteiger partial charge >= 0.3 is 0 Å². The van der Waals surface area contributed by atoms with Crippen LogP contribution in [0, 0.1) is 0 Å². The second-order valence-electron chi connectivity index (χ2n) is 4.34. The highest BCUT2D eigenvalue weighted by molar-refractivity contribution is 5.94. The second kappa shape index (κ2) is 5.81. The number of nitrogens with one attached hydrogen (secondary N) is 2. The third-order valence-corrected chi connectivity index (χ3v) is 2.95. The molecule has 1 aromatic carbocycles. The molecule has 1 aromatic heterocycles. The van der Waals surface area contributed by atoms with Crippen molar-refractivity contribution in [2.75, 3.05) is 25.1 Å². The van der Waals surface area contributed by atoms with Crippen LogP contribution in [-0.4, -0.2) is 47.0 Å². The molecule has 2 N–H and O–H groups in total. The van der Waals surface area contributed by atoms with Gasteiger partial charge in [0, 0.05) is 11.3 Å². The van der Waals surface area contributed by atoms with Crippen LogP contribution in [0.3, 0.4) is 0 Å². The summed E-state index contributed by atoms with van der Waals surface area (Å²) in [5.41, 5.74) is 1.60. The van der Waals surface area contributed by atoms with Gasteiger partial charge in [-0.15, -0.1) is 0 Å². The number of amides is 1. The number of H-pyrrole nitrogens is 1. The molecular weight excluding hydrogens is 260 g/mol. The summed E-state index contributed by atoms with van der Waals surface area (Å²) >= 11 is 0. The van der Waals surface area contributed by atoms with Crippen molar-refractivity contribution >= 4 is 11.6 Å². The molecule has 3 rings (SSSR count). The van der Waals surface area contributed by atoms with Gasteiger partial charge < -0.3 is 14.8 Å². The fraction of sp³-hybridized carbons (Fsp3) is 0.308. The van der Waals surface area contributed by atoms with Crippen LogP contribution in [0.25, 0.3) is 11.4 Å². The Morgan fingerprint density at radius 1 is 1.30 bits per heavy atom. The van der Waals surface area contributed by atoms with Gasteiger partial charge in [-0.25, -0.2) is 4.98 Å². The summed E-state index contributed by atoms with van der Waals surface area (Å²) in [6.45, 7) is 1.28. The monoisotopic (exact) mass is 274 g/mol. The van der Waals surface area contributed by atoms with E-state index in [4.69, 9.17) is 9.47 Å². The maximum atomic E-state index is 11.9. The largest absolute Gasteiger partial charge is 0.376 e. The summed E-state index contributed by atoms with van der Waals surface area (Å²) in [6, 6.07) is 7.32. The summed E-state index contributed by atoms with van der Waals surface area (Å²) in [6.07, 6.45) is 0.906. The van der Waals surface area contributed by atoms with Crippen molar-refractivity contribution in [1.82, 2.24) is 15.2 Å². The number of anilines is 1. The zero-order valence-electron chi connectivity index (χ0n) is 10.7. The Bertz CT molecular complexity index is 562. The van der Waals surface area contributed by atoms with Crippen molar-refractivity contribution in [2.24, 2.45) is 0 Å². The number of carbonyl (C=O) groups is 1. The Kier molecular flexibility index (Phi) is 3.71. The molecule has 0 radical (unpaired) electrons. The predicted octanol–water partition coefficient (Wildman–Crippen LogP) is 0.826. The Balaban J connectivity index is 1.64. The SMILES string of the molecule is O=C(Nc1ccc(-c2ncn[nH]2)cc1)C1COCCO1. The highest BCUT2D eigenvalue weighted by Crippen LogP contribution is 2.17. The number of hydrogen-bond acceptors (Lipinski definition) is 5. The highest BCUT2D eigenvalue weighted by Gasteiger charge is 2.22. The lowest BCUT2D eigenvalue weighted by Gasteiger charge is -2.22. The Morgan fingerprint density at radius 3 is 2.80 bits per heavy atom. The molecule has 1 saturated heterocycles. The lowest BCUT2D eigenvalue weighted by atomic mass is 10.2. The van der Waals surface area contributed by atoms with Gasteiger partial charge in [0.2, 0.25) is 0 Å². The molecule has 7 nitrogen and oxygen atoms in total. The van der Waals surface area contributed by atoms with Gasteiger partial charge in [-0.2, -0.15) is 5.10 Å². The van der Waals surface area contributed by atoms with Crippen LogP contribution in [0.1, 0.15) is 0 Å². The zero-order chi connectivity index (χ0) is 13.8. The third-order valence-electron chi connectivity index (χ3n) is 2.95. The number of rotatable bonds is 3. The average molecular weight is 274 g/mol. The van der Waals surface area contributed by atoms with E-state index in [2.05, 4.69) is 20.5 Å². The number of ether oxygens (including phenoxy) is 2. The summed E-state index contributed by atoms with van der Waals surface area (Å²) in [4.78, 5) is 16.0. The molecule has 20 heavy (non-hydrogen) atoms. The predicted molar refractivity (Wildman–Crippen MR) is 71.0 cm³/mol. The lowest BCUT2D eigenvalue weighted by molar-refractivity contribution is -0.142. The number of aromatic amines is 1. The molecule has 1 aliphatic rings. The van der Waals surface area contributed by atoms with Crippen LogP contribution in [0.15, 0.2) is 30.6 Å². The van der Waals surface area contributed by atoms with E-state index < -0.39 is 6.10 Å². The molecular formula is C13H14N4O3. The van der Waals surface area contributed by atoms with E-state index in [1.807, 2.05) is 12.1 Å². The van der Waals surface area contributed by atoms with Crippen molar-refractivity contribution in [3.05, 3.63) is 30.6 Å². The fourth-order valence-electron chi connectivity index (χ4n) is 1.92. The standard InChI is InChI=1S/C13H14N4O3/c18-13(11-7-19-5-6-20-11)16-10-3-1-9(2-4-10)12-14-8-15-17-12/h1-4,8,11H,5-7H2,(H,16,18)(H,14,15,17). The molecule has 1 unspecified atom stereocenters. The highest BCUT2D eigenvalue weighted by atomic mass is 16.6. The first-order valence-corrected chi connectivity index (χ1v) is 6.29. The average Bonchev–Trinajstić information content (AvgIpc) is 3.03. The molecule has 0 bridgehead atoms. The topological polar surface area (TPSA) is 89.1 Å². The minimum absolute atomic E-state index is 0.197. The number of nitrogens with zero attached hydrogens (tertiary/aromatic N) is 2. The molecule has 7 heteroatoms. The molecule has 0 spiro atoms. The first-order valence-electron chi connectivity index (χ1n) is 6.29. The van der Waals surface area contributed by atoms with Crippen LogP contribution in [0.2, 0.25) is 0 Å². The number of carbonyl (C=O) groups excluding carboxylic acids is 1. The maximum Gasteiger partial charge on any atom is 0.255 e. The Morgan fingerprint density at radius 2 is 2.15 bits per heavy atom. The minimum atomic E-state index is -0.544. The lowest BCUT2D eigenvalue weighted by Crippen LogP contribution is -2.39.